The van der Waals surface area contributed by atoms with Crippen LogP contribution < -0.4 is 0 Å². The van der Waals surface area contributed by atoms with Crippen LogP contribution in [0.15, 0.2) is 0 Å². The van der Waals surface area contributed by atoms with E-state index in [4.69, 9.17) is 9.47 Å². The van der Waals surface area contributed by atoms with Crippen molar-refractivity contribution in [3.05, 3.63) is 0 Å². The summed E-state index contributed by atoms with van der Waals surface area (Å²) >= 11 is 0. The minimum Gasteiger partial charge on any atom is -0.429 e. The fourth-order valence-electron chi connectivity index (χ4n) is 0.651. The fourth-order valence-corrected chi connectivity index (χ4v) is 0.651. The van der Waals surface area contributed by atoms with Crippen molar-refractivity contribution < 1.29 is 14.3 Å². The van der Waals surface area contributed by atoms with E-state index in [1.807, 2.05) is 0 Å². The molecule has 3 heteroatoms. The van der Waals surface area contributed by atoms with Gasteiger partial charge in [0.2, 0.25) is 0 Å². The van der Waals surface area contributed by atoms with E-state index in [2.05, 4.69) is 11.8 Å². The highest BCUT2D eigenvalue weighted by Crippen LogP contribution is 2.08. The molecule has 0 radical (unpaired) electrons. The number of hydrogen-bond acceptors (Lipinski definition) is 3. The highest BCUT2D eigenvalue weighted by Gasteiger charge is 2.18. The van der Waals surface area contributed by atoms with Gasteiger partial charge in [0.05, 0.1) is 0 Å². The molecule has 0 aliphatic carbocycles. The maximum absolute atomic E-state index is 11.0. The zero-order valence-electron chi connectivity index (χ0n) is 8.80. The summed E-state index contributed by atoms with van der Waals surface area (Å²) in [6, 6.07) is 0. The molecule has 0 heterocycles. The Kier molecular flexibility index (Phi) is 4.33. The molecule has 3 nitrogen and oxygen atoms in total. The monoisotopic (exact) mass is 184 g/mol. The standard InChI is InChI=1S/C10H16O3/c1-6-7-8(2)12-9(11)13-10(3,4)5/h8H,1-5H3. The first kappa shape index (κ1) is 11.8. The summed E-state index contributed by atoms with van der Waals surface area (Å²) in [6.07, 6.45) is -1.09. The molecule has 0 aliphatic rings. The summed E-state index contributed by atoms with van der Waals surface area (Å²) in [4.78, 5) is 11.0. The Labute approximate surface area is 79.4 Å². The summed E-state index contributed by atoms with van der Waals surface area (Å²) in [5, 5.41) is 0. The molecule has 0 aromatic carbocycles. The van der Waals surface area contributed by atoms with Gasteiger partial charge in [-0.3, -0.25) is 0 Å². The van der Waals surface area contributed by atoms with Gasteiger partial charge in [0, 0.05) is 0 Å². The Morgan fingerprint density at radius 3 is 2.31 bits per heavy atom. The lowest BCUT2D eigenvalue weighted by atomic mass is 10.2. The van der Waals surface area contributed by atoms with E-state index in [0.29, 0.717) is 0 Å². The molecule has 1 unspecified atom stereocenters. The van der Waals surface area contributed by atoms with E-state index in [9.17, 15) is 4.79 Å². The van der Waals surface area contributed by atoms with Gasteiger partial charge in [-0.1, -0.05) is 5.92 Å². The smallest absolute Gasteiger partial charge is 0.429 e. The summed E-state index contributed by atoms with van der Waals surface area (Å²) in [7, 11) is 0. The first-order valence-corrected chi connectivity index (χ1v) is 4.17. The average molecular weight is 184 g/mol. The third kappa shape index (κ3) is 7.20. The Hall–Kier alpha value is -1.17. The van der Waals surface area contributed by atoms with Gasteiger partial charge in [-0.05, 0) is 34.6 Å². The van der Waals surface area contributed by atoms with Gasteiger partial charge in [-0.2, -0.15) is 0 Å². The highest BCUT2D eigenvalue weighted by molar-refractivity contribution is 5.61. The average Bonchev–Trinajstić information content (AvgIpc) is 1.81. The van der Waals surface area contributed by atoms with Gasteiger partial charge in [-0.25, -0.2) is 4.79 Å². The van der Waals surface area contributed by atoms with Crippen LogP contribution in [0.25, 0.3) is 0 Å². The maximum atomic E-state index is 11.0. The zero-order valence-corrected chi connectivity index (χ0v) is 8.80. The van der Waals surface area contributed by atoms with Crippen molar-refractivity contribution >= 4 is 6.16 Å². The molecule has 0 spiro atoms. The van der Waals surface area contributed by atoms with E-state index in [1.54, 1.807) is 34.6 Å². The largest absolute Gasteiger partial charge is 0.510 e. The SMILES string of the molecule is CC#CC(C)OC(=O)OC(C)(C)C. The second-order valence-corrected chi connectivity index (χ2v) is 3.62. The first-order valence-electron chi connectivity index (χ1n) is 4.17. The normalized spacial score (nSPS) is 12.4. The first-order chi connectivity index (χ1) is 5.85. The number of ether oxygens (including phenoxy) is 2. The third-order valence-electron chi connectivity index (χ3n) is 1.01. The lowest BCUT2D eigenvalue weighted by Crippen LogP contribution is -2.26. The van der Waals surface area contributed by atoms with Gasteiger partial charge in [-0.15, -0.1) is 5.92 Å². The van der Waals surface area contributed by atoms with Crippen LogP contribution in [0.5, 0.6) is 0 Å². The van der Waals surface area contributed by atoms with E-state index in [1.165, 1.54) is 0 Å². The molecule has 74 valence electrons. The van der Waals surface area contributed by atoms with Crippen molar-refractivity contribution in [1.82, 2.24) is 0 Å². The highest BCUT2D eigenvalue weighted by atomic mass is 16.7. The summed E-state index contributed by atoms with van der Waals surface area (Å²) in [6.45, 7) is 8.73. The predicted molar refractivity (Wildman–Crippen MR) is 50.2 cm³/mol. The molecule has 0 bridgehead atoms. The minimum absolute atomic E-state index is 0.417. The number of hydrogen-bond donors (Lipinski definition) is 0. The molecule has 13 heavy (non-hydrogen) atoms. The predicted octanol–water partition coefficient (Wildman–Crippen LogP) is 2.35. The van der Waals surface area contributed by atoms with E-state index in [0.717, 1.165) is 0 Å². The lowest BCUT2D eigenvalue weighted by Gasteiger charge is -2.19. The molecule has 0 fully saturated rings. The van der Waals surface area contributed by atoms with E-state index >= 15 is 0 Å². The topological polar surface area (TPSA) is 35.5 Å². The molecule has 0 aromatic rings. The second kappa shape index (κ2) is 4.76. The van der Waals surface area contributed by atoms with Crippen LogP contribution in [0.4, 0.5) is 4.79 Å². The molecular weight excluding hydrogens is 168 g/mol. The third-order valence-corrected chi connectivity index (χ3v) is 1.01. The van der Waals surface area contributed by atoms with Gasteiger partial charge in [0.15, 0.2) is 6.10 Å². The molecule has 0 aromatic heterocycles. The van der Waals surface area contributed by atoms with Crippen LogP contribution in [0, 0.1) is 11.8 Å². The van der Waals surface area contributed by atoms with Crippen LogP contribution in [-0.4, -0.2) is 17.9 Å². The maximum Gasteiger partial charge on any atom is 0.510 e. The Balaban J connectivity index is 3.93. The Morgan fingerprint density at radius 2 is 1.92 bits per heavy atom. The summed E-state index contributed by atoms with van der Waals surface area (Å²) < 4.78 is 9.76. The van der Waals surface area contributed by atoms with Gasteiger partial charge >= 0.3 is 6.16 Å². The summed E-state index contributed by atoms with van der Waals surface area (Å²) in [5.74, 6) is 5.34. The molecule has 0 amide bonds. The van der Waals surface area contributed by atoms with Crippen molar-refractivity contribution in [1.29, 1.82) is 0 Å². The zero-order chi connectivity index (χ0) is 10.5. The van der Waals surface area contributed by atoms with Crippen LogP contribution in [0.2, 0.25) is 0 Å². The Morgan fingerprint density at radius 1 is 1.38 bits per heavy atom. The number of carbonyl (C=O) groups excluding carboxylic acids is 1. The fraction of sp³-hybridized carbons (Fsp3) is 0.700. The van der Waals surface area contributed by atoms with Gasteiger partial charge in [0.25, 0.3) is 0 Å². The van der Waals surface area contributed by atoms with Crippen LogP contribution >= 0.6 is 0 Å². The Bertz CT molecular complexity index is 227. The van der Waals surface area contributed by atoms with E-state index in [-0.39, 0.29) is 0 Å². The van der Waals surface area contributed by atoms with Crippen molar-refractivity contribution in [2.45, 2.75) is 46.3 Å². The van der Waals surface area contributed by atoms with Crippen LogP contribution in [-0.2, 0) is 9.47 Å². The lowest BCUT2D eigenvalue weighted by molar-refractivity contribution is -0.0140. The molecule has 0 N–H and O–H groups in total. The van der Waals surface area contributed by atoms with E-state index < -0.39 is 17.9 Å². The molecule has 0 saturated heterocycles. The second-order valence-electron chi connectivity index (χ2n) is 3.62. The molecule has 1 atom stereocenters. The van der Waals surface area contributed by atoms with Crippen LogP contribution in [0.3, 0.4) is 0 Å². The number of carbonyl (C=O) groups is 1. The summed E-state index contributed by atoms with van der Waals surface area (Å²) in [5.41, 5.74) is -0.517. The molecule has 0 aliphatic heterocycles. The quantitative estimate of drug-likeness (QED) is 0.463. The minimum atomic E-state index is -0.678. The van der Waals surface area contributed by atoms with Crippen LogP contribution in [0.1, 0.15) is 34.6 Å². The molecule has 0 saturated carbocycles. The molecule has 0 rings (SSSR count). The number of rotatable bonds is 1. The van der Waals surface area contributed by atoms with Gasteiger partial charge < -0.3 is 9.47 Å². The van der Waals surface area contributed by atoms with Crippen molar-refractivity contribution in [2.24, 2.45) is 0 Å². The van der Waals surface area contributed by atoms with Gasteiger partial charge in [0.1, 0.15) is 5.60 Å². The molecular formula is C10H16O3. The van der Waals surface area contributed by atoms with Crippen molar-refractivity contribution in [2.75, 3.05) is 0 Å². The van der Waals surface area contributed by atoms with Crippen molar-refractivity contribution in [3.8, 4) is 11.8 Å². The van der Waals surface area contributed by atoms with Crippen molar-refractivity contribution in [3.63, 3.8) is 0 Å².